The van der Waals surface area contributed by atoms with Gasteiger partial charge in [0.15, 0.2) is 18.6 Å². The molecule has 6 N–H and O–H groups in total. The minimum atomic E-state index is -1.70. The zero-order chi connectivity index (χ0) is 26.2. The van der Waals surface area contributed by atoms with Crippen molar-refractivity contribution in [1.82, 2.24) is 5.32 Å². The fraction of sp³-hybridized carbons (Fsp3) is 0.909. The molecule has 0 aromatic carbocycles. The Morgan fingerprint density at radius 3 is 2.12 bits per heavy atom. The van der Waals surface area contributed by atoms with Crippen LogP contribution in [0.4, 0.5) is 0 Å². The summed E-state index contributed by atoms with van der Waals surface area (Å²) in [6.07, 6.45) is -11.6. The molecule has 12 heteroatoms. The Bertz CT molecular complexity index is 634. The Hall–Kier alpha value is -1.38. The molecule has 34 heavy (non-hydrogen) atoms. The summed E-state index contributed by atoms with van der Waals surface area (Å²) in [5.41, 5.74) is 0. The summed E-state index contributed by atoms with van der Waals surface area (Å²) in [4.78, 5) is 23.8. The van der Waals surface area contributed by atoms with Crippen LogP contribution in [0.15, 0.2) is 0 Å². The molecule has 0 aromatic rings. The third kappa shape index (κ3) is 8.38. The number of hydrogen-bond acceptors (Lipinski definition) is 10. The molecule has 0 bridgehead atoms. The summed E-state index contributed by atoms with van der Waals surface area (Å²) in [5, 5.41) is 53.0. The predicted molar refractivity (Wildman–Crippen MR) is 119 cm³/mol. The van der Waals surface area contributed by atoms with Crippen molar-refractivity contribution in [1.29, 1.82) is 0 Å². The summed E-state index contributed by atoms with van der Waals surface area (Å²) >= 11 is 0. The van der Waals surface area contributed by atoms with E-state index in [0.717, 1.165) is 0 Å². The van der Waals surface area contributed by atoms with E-state index < -0.39 is 79.8 Å². The maximum Gasteiger partial charge on any atom is 0.335 e. The van der Waals surface area contributed by atoms with Gasteiger partial charge < -0.3 is 49.8 Å². The van der Waals surface area contributed by atoms with Gasteiger partial charge in [-0.25, -0.2) is 4.79 Å². The molecule has 200 valence electrons. The summed E-state index contributed by atoms with van der Waals surface area (Å²) in [6, 6.07) is 0. The number of nitrogens with one attached hydrogen (secondary N) is 1. The third-order valence-electron chi connectivity index (χ3n) is 5.93. The van der Waals surface area contributed by atoms with Crippen LogP contribution in [-0.4, -0.2) is 105 Å². The van der Waals surface area contributed by atoms with Crippen LogP contribution in [-0.2, 0) is 28.5 Å². The van der Waals surface area contributed by atoms with Crippen molar-refractivity contribution < 1.29 is 54.1 Å². The Labute approximate surface area is 200 Å². The van der Waals surface area contributed by atoms with E-state index in [1.54, 1.807) is 13.8 Å². The van der Waals surface area contributed by atoms with E-state index in [9.17, 15) is 35.1 Å². The summed E-state index contributed by atoms with van der Waals surface area (Å²) in [7, 11) is 0. The van der Waals surface area contributed by atoms with Crippen molar-refractivity contribution in [3.8, 4) is 0 Å². The maximum atomic E-state index is 11.9. The summed E-state index contributed by atoms with van der Waals surface area (Å²) in [6.45, 7) is 9.32. The van der Waals surface area contributed by atoms with Gasteiger partial charge in [-0.05, 0) is 26.2 Å². The minimum absolute atomic E-state index is 0.271. The van der Waals surface area contributed by atoms with Gasteiger partial charge >= 0.3 is 5.97 Å². The van der Waals surface area contributed by atoms with Crippen LogP contribution in [0.1, 0.15) is 54.4 Å². The SMILES string of the molecule is CCC(C)OC1C(C(=O)O)OC(OC(NC(C)=O)C(OC(CO)C(C)O)C(C)CC)C(O)C1O. The fourth-order valence-electron chi connectivity index (χ4n) is 3.45. The van der Waals surface area contributed by atoms with Crippen LogP contribution in [0.3, 0.4) is 0 Å². The number of hydrogen-bond donors (Lipinski definition) is 6. The molecular formula is C22H41NO11. The van der Waals surface area contributed by atoms with Crippen molar-refractivity contribution in [2.45, 2.75) is 116 Å². The lowest BCUT2D eigenvalue weighted by atomic mass is 9.97. The average molecular weight is 496 g/mol. The average Bonchev–Trinajstić information content (AvgIpc) is 2.77. The van der Waals surface area contributed by atoms with Gasteiger partial charge in [0.05, 0.1) is 18.8 Å². The van der Waals surface area contributed by atoms with Gasteiger partial charge in [-0.3, -0.25) is 4.79 Å². The van der Waals surface area contributed by atoms with Crippen LogP contribution in [0.2, 0.25) is 0 Å². The predicted octanol–water partition coefficient (Wildman–Crippen LogP) is -0.647. The molecule has 11 unspecified atom stereocenters. The first-order chi connectivity index (χ1) is 15.9. The molecule has 0 aromatic heterocycles. The first-order valence-electron chi connectivity index (χ1n) is 11.6. The molecular weight excluding hydrogens is 454 g/mol. The Kier molecular flexibility index (Phi) is 12.8. The van der Waals surface area contributed by atoms with E-state index in [4.69, 9.17) is 18.9 Å². The number of aliphatic carboxylic acids is 1. The number of rotatable bonds is 14. The van der Waals surface area contributed by atoms with Crippen molar-refractivity contribution in [3.05, 3.63) is 0 Å². The zero-order valence-corrected chi connectivity index (χ0v) is 20.7. The zero-order valence-electron chi connectivity index (χ0n) is 20.7. The number of carbonyl (C=O) groups is 2. The molecule has 0 aliphatic carbocycles. The molecule has 1 aliphatic heterocycles. The highest BCUT2D eigenvalue weighted by Gasteiger charge is 2.50. The highest BCUT2D eigenvalue weighted by Crippen LogP contribution is 2.29. The van der Waals surface area contributed by atoms with E-state index in [2.05, 4.69) is 5.32 Å². The monoisotopic (exact) mass is 495 g/mol. The van der Waals surface area contributed by atoms with Gasteiger partial charge in [-0.2, -0.15) is 0 Å². The van der Waals surface area contributed by atoms with Gasteiger partial charge in [0.2, 0.25) is 5.91 Å². The van der Waals surface area contributed by atoms with Crippen molar-refractivity contribution in [2.75, 3.05) is 6.61 Å². The highest BCUT2D eigenvalue weighted by molar-refractivity contribution is 5.73. The minimum Gasteiger partial charge on any atom is -0.479 e. The molecule has 1 aliphatic rings. The number of carbonyl (C=O) groups excluding carboxylic acids is 1. The quantitative estimate of drug-likeness (QED) is 0.168. The fourth-order valence-corrected chi connectivity index (χ4v) is 3.45. The summed E-state index contributed by atoms with van der Waals surface area (Å²) in [5.74, 6) is -2.21. The Balaban J connectivity index is 3.23. The van der Waals surface area contributed by atoms with Crippen LogP contribution < -0.4 is 5.32 Å². The molecule has 0 spiro atoms. The molecule has 1 fully saturated rings. The topological polar surface area (TPSA) is 184 Å². The third-order valence-corrected chi connectivity index (χ3v) is 5.93. The van der Waals surface area contributed by atoms with Crippen LogP contribution in [0.25, 0.3) is 0 Å². The highest BCUT2D eigenvalue weighted by atomic mass is 16.7. The van der Waals surface area contributed by atoms with Gasteiger partial charge in [-0.1, -0.05) is 27.2 Å². The molecule has 0 radical (unpaired) electrons. The molecule has 0 saturated carbocycles. The van der Waals surface area contributed by atoms with Crippen molar-refractivity contribution >= 4 is 11.9 Å². The van der Waals surface area contributed by atoms with E-state index in [1.165, 1.54) is 13.8 Å². The second-order valence-corrected chi connectivity index (χ2v) is 8.77. The number of aliphatic hydroxyl groups is 4. The second-order valence-electron chi connectivity index (χ2n) is 8.77. The summed E-state index contributed by atoms with van der Waals surface area (Å²) < 4.78 is 22.7. The van der Waals surface area contributed by atoms with Crippen LogP contribution in [0.5, 0.6) is 0 Å². The number of aliphatic hydroxyl groups excluding tert-OH is 4. The van der Waals surface area contributed by atoms with Crippen LogP contribution in [0, 0.1) is 5.92 Å². The van der Waals surface area contributed by atoms with Gasteiger partial charge in [0.1, 0.15) is 30.5 Å². The number of carboxylic acids is 1. The number of carboxylic acid groups (broad SMARTS) is 1. The lowest BCUT2D eigenvalue weighted by Crippen LogP contribution is -2.64. The maximum absolute atomic E-state index is 11.9. The molecule has 12 nitrogen and oxygen atoms in total. The second kappa shape index (κ2) is 14.2. The Morgan fingerprint density at radius 1 is 1.06 bits per heavy atom. The first kappa shape index (κ1) is 30.7. The molecule has 1 rings (SSSR count). The van der Waals surface area contributed by atoms with Crippen molar-refractivity contribution in [3.63, 3.8) is 0 Å². The Morgan fingerprint density at radius 2 is 1.68 bits per heavy atom. The van der Waals surface area contributed by atoms with Gasteiger partial charge in [0.25, 0.3) is 0 Å². The number of ether oxygens (including phenoxy) is 4. The molecule has 11 atom stereocenters. The number of amides is 1. The van der Waals surface area contributed by atoms with E-state index in [1.807, 2.05) is 13.8 Å². The standard InChI is InChI=1S/C22H41NO11/c1-7-10(3)17(32-14(9-24)12(5)25)20(23-13(6)26)34-22-16(28)15(27)18(31-11(4)8-2)19(33-22)21(29)30/h10-12,14-20,22,24-25,27-28H,7-9H2,1-6H3,(H,23,26)(H,29,30). The molecule has 1 amide bonds. The van der Waals surface area contributed by atoms with Gasteiger partial charge in [-0.15, -0.1) is 0 Å². The van der Waals surface area contributed by atoms with Gasteiger partial charge in [0, 0.05) is 6.92 Å². The van der Waals surface area contributed by atoms with Crippen molar-refractivity contribution in [2.24, 2.45) is 5.92 Å². The molecule has 1 saturated heterocycles. The smallest absolute Gasteiger partial charge is 0.335 e. The van der Waals surface area contributed by atoms with Crippen LogP contribution >= 0.6 is 0 Å². The molecule has 1 heterocycles. The lowest BCUT2D eigenvalue weighted by Gasteiger charge is -2.44. The largest absolute Gasteiger partial charge is 0.479 e. The first-order valence-corrected chi connectivity index (χ1v) is 11.6. The lowest BCUT2D eigenvalue weighted by molar-refractivity contribution is -0.325. The van der Waals surface area contributed by atoms with E-state index in [0.29, 0.717) is 12.8 Å². The van der Waals surface area contributed by atoms with E-state index >= 15 is 0 Å². The van der Waals surface area contributed by atoms with E-state index in [-0.39, 0.29) is 5.92 Å². The normalized spacial score (nSPS) is 30.6.